The predicted octanol–water partition coefficient (Wildman–Crippen LogP) is 14.5. The summed E-state index contributed by atoms with van der Waals surface area (Å²) in [6, 6.07) is 75.5. The molecule has 0 N–H and O–H groups in total. The lowest BCUT2D eigenvalue weighted by Gasteiger charge is -2.46. The van der Waals surface area contributed by atoms with Crippen molar-refractivity contribution in [3.8, 4) is 56.2 Å². The second-order valence-corrected chi connectivity index (χ2v) is 16.9. The van der Waals surface area contributed by atoms with Crippen LogP contribution in [-0.4, -0.2) is 9.97 Å². The van der Waals surface area contributed by atoms with Crippen molar-refractivity contribution in [2.24, 2.45) is 0 Å². The van der Waals surface area contributed by atoms with E-state index in [1.165, 1.54) is 77.2 Å². The molecule has 12 rings (SSSR count). The van der Waals surface area contributed by atoms with Crippen LogP contribution in [0.25, 0.3) is 77.7 Å². The van der Waals surface area contributed by atoms with Crippen molar-refractivity contribution in [1.82, 2.24) is 9.97 Å². The first-order valence-electron chi connectivity index (χ1n) is 20.9. The average Bonchev–Trinajstić information content (AvgIpc) is 3.61. The van der Waals surface area contributed by atoms with E-state index in [2.05, 4.69) is 220 Å². The van der Waals surface area contributed by atoms with Gasteiger partial charge in [0, 0.05) is 22.1 Å². The van der Waals surface area contributed by atoms with Crippen LogP contribution in [0.5, 0.6) is 0 Å². The summed E-state index contributed by atoms with van der Waals surface area (Å²) in [6.07, 6.45) is 0. The lowest BCUT2D eigenvalue weighted by Crippen LogP contribution is -2.40. The minimum absolute atomic E-state index is 0.190. The molecule has 1 aromatic heterocycles. The zero-order valence-corrected chi connectivity index (χ0v) is 33.5. The number of nitrogens with zero attached hydrogens (tertiary/aromatic N) is 2. The third-order valence-corrected chi connectivity index (χ3v) is 13.4. The van der Waals surface area contributed by atoms with Crippen LogP contribution in [0.15, 0.2) is 206 Å². The summed E-state index contributed by atoms with van der Waals surface area (Å²) in [5.74, 6) is 0.718. The van der Waals surface area contributed by atoms with Crippen molar-refractivity contribution in [2.75, 3.05) is 0 Å². The molecule has 2 heteroatoms. The van der Waals surface area contributed by atoms with Crippen LogP contribution in [0.3, 0.4) is 0 Å². The molecule has 10 aromatic rings. The number of benzene rings is 9. The monoisotopic (exact) mass is 764 g/mol. The van der Waals surface area contributed by atoms with E-state index in [1.807, 2.05) is 0 Å². The summed E-state index contributed by atoms with van der Waals surface area (Å²) >= 11 is 0. The number of aromatic nitrogens is 2. The molecule has 0 atom stereocenters. The Morgan fingerprint density at radius 1 is 0.333 bits per heavy atom. The molecule has 0 unspecified atom stereocenters. The molecular formula is C58H40N2. The van der Waals surface area contributed by atoms with E-state index in [-0.39, 0.29) is 5.41 Å². The standard InChI is InChI=1S/C58H40N2/c1-57(2)48-23-11-13-25-50(48)58(51-26-14-12-24-49(51)57)47-33-32-42(41-31-30-38-29-28-37-16-9-10-21-43(37)45(38)34-41)35-46(47)55-44(22-15-27-52(55)58)56-59-53(39-17-5-3-6-18-39)36-54(60-56)40-19-7-4-8-20-40/h3-36H,1-2H3. The van der Waals surface area contributed by atoms with Crippen LogP contribution in [0.2, 0.25) is 0 Å². The molecule has 1 spiro atoms. The van der Waals surface area contributed by atoms with Crippen molar-refractivity contribution in [2.45, 2.75) is 24.7 Å². The highest BCUT2D eigenvalue weighted by atomic mass is 14.9. The number of fused-ring (bicyclic) bond motifs is 12. The third-order valence-electron chi connectivity index (χ3n) is 13.4. The Morgan fingerprint density at radius 3 is 1.52 bits per heavy atom. The van der Waals surface area contributed by atoms with Gasteiger partial charge < -0.3 is 0 Å². The maximum absolute atomic E-state index is 5.43. The first kappa shape index (κ1) is 34.6. The molecule has 60 heavy (non-hydrogen) atoms. The zero-order valence-electron chi connectivity index (χ0n) is 33.5. The molecule has 0 aliphatic heterocycles. The molecule has 0 saturated carbocycles. The van der Waals surface area contributed by atoms with Crippen molar-refractivity contribution in [3.63, 3.8) is 0 Å². The van der Waals surface area contributed by atoms with E-state index in [1.54, 1.807) is 0 Å². The van der Waals surface area contributed by atoms with E-state index < -0.39 is 5.41 Å². The van der Waals surface area contributed by atoms with E-state index in [9.17, 15) is 0 Å². The fourth-order valence-corrected chi connectivity index (χ4v) is 10.6. The molecule has 0 radical (unpaired) electrons. The highest BCUT2D eigenvalue weighted by Crippen LogP contribution is 2.63. The fourth-order valence-electron chi connectivity index (χ4n) is 10.6. The molecule has 0 amide bonds. The first-order valence-corrected chi connectivity index (χ1v) is 20.9. The van der Waals surface area contributed by atoms with Gasteiger partial charge in [-0.15, -0.1) is 0 Å². The molecule has 2 aliphatic carbocycles. The van der Waals surface area contributed by atoms with Gasteiger partial charge in [-0.3, -0.25) is 0 Å². The maximum Gasteiger partial charge on any atom is 0.161 e. The average molecular weight is 765 g/mol. The molecule has 2 aliphatic rings. The van der Waals surface area contributed by atoms with E-state index >= 15 is 0 Å². The largest absolute Gasteiger partial charge is 0.228 e. The van der Waals surface area contributed by atoms with E-state index in [0.717, 1.165) is 33.9 Å². The van der Waals surface area contributed by atoms with E-state index in [4.69, 9.17) is 9.97 Å². The SMILES string of the molecule is CC1(C)c2ccccc2C2(c3ccc(-c4ccc5ccc6ccccc6c5c4)cc3-c3c(-c4nc(-c5ccccc5)cc(-c5ccccc5)n4)cccc32)c2ccccc21. The highest BCUT2D eigenvalue weighted by Gasteiger charge is 2.53. The normalized spacial score (nSPS) is 14.1. The quantitative estimate of drug-likeness (QED) is 0.167. The molecule has 282 valence electrons. The molecular weight excluding hydrogens is 725 g/mol. The molecule has 1 heterocycles. The van der Waals surface area contributed by atoms with E-state index in [0.29, 0.717) is 0 Å². The van der Waals surface area contributed by atoms with Gasteiger partial charge in [-0.25, -0.2) is 9.97 Å². The Balaban J connectivity index is 1.18. The Morgan fingerprint density at radius 2 is 0.850 bits per heavy atom. The van der Waals surface area contributed by atoms with Gasteiger partial charge in [-0.2, -0.15) is 0 Å². The van der Waals surface area contributed by atoms with Gasteiger partial charge in [-0.1, -0.05) is 202 Å². The summed E-state index contributed by atoms with van der Waals surface area (Å²) < 4.78 is 0. The highest BCUT2D eigenvalue weighted by molar-refractivity contribution is 6.09. The lowest BCUT2D eigenvalue weighted by atomic mass is 9.55. The van der Waals surface area contributed by atoms with Crippen LogP contribution in [0.4, 0.5) is 0 Å². The predicted molar refractivity (Wildman–Crippen MR) is 248 cm³/mol. The molecule has 9 aromatic carbocycles. The maximum atomic E-state index is 5.43. The lowest BCUT2D eigenvalue weighted by molar-refractivity contribution is 0.563. The van der Waals surface area contributed by atoms with Crippen molar-refractivity contribution in [1.29, 1.82) is 0 Å². The van der Waals surface area contributed by atoms with Crippen molar-refractivity contribution in [3.05, 3.63) is 240 Å². The van der Waals surface area contributed by atoms with Crippen molar-refractivity contribution >= 4 is 21.5 Å². The smallest absolute Gasteiger partial charge is 0.161 e. The first-order chi connectivity index (χ1) is 29.5. The number of hydrogen-bond acceptors (Lipinski definition) is 2. The van der Waals surface area contributed by atoms with Crippen LogP contribution < -0.4 is 0 Å². The van der Waals surface area contributed by atoms with Gasteiger partial charge in [0.05, 0.1) is 16.8 Å². The Labute approximate surface area is 350 Å². The molecule has 0 saturated heterocycles. The summed E-state index contributed by atoms with van der Waals surface area (Å²) in [4.78, 5) is 10.9. The Bertz CT molecular complexity index is 3240. The molecule has 0 bridgehead atoms. The number of rotatable bonds is 4. The second-order valence-electron chi connectivity index (χ2n) is 16.9. The van der Waals surface area contributed by atoms with Gasteiger partial charge >= 0.3 is 0 Å². The van der Waals surface area contributed by atoms with Gasteiger partial charge in [-0.05, 0) is 95.4 Å². The number of hydrogen-bond donors (Lipinski definition) is 0. The molecule has 2 nitrogen and oxygen atoms in total. The molecule has 0 fully saturated rings. The Hall–Kier alpha value is -7.42. The summed E-state index contributed by atoms with van der Waals surface area (Å²) in [5, 5.41) is 5.03. The topological polar surface area (TPSA) is 25.8 Å². The van der Waals surface area contributed by atoms with Crippen LogP contribution in [0.1, 0.15) is 47.2 Å². The van der Waals surface area contributed by atoms with Crippen LogP contribution >= 0.6 is 0 Å². The Kier molecular flexibility index (Phi) is 7.52. The van der Waals surface area contributed by atoms with Gasteiger partial charge in [0.15, 0.2) is 5.82 Å². The summed E-state index contributed by atoms with van der Waals surface area (Å²) in [6.45, 7) is 4.76. The minimum Gasteiger partial charge on any atom is -0.228 e. The summed E-state index contributed by atoms with van der Waals surface area (Å²) in [5.41, 5.74) is 16.9. The summed E-state index contributed by atoms with van der Waals surface area (Å²) in [7, 11) is 0. The fraction of sp³-hybridized carbons (Fsp3) is 0.0690. The van der Waals surface area contributed by atoms with Gasteiger partial charge in [0.2, 0.25) is 0 Å². The third kappa shape index (κ3) is 4.94. The van der Waals surface area contributed by atoms with Gasteiger partial charge in [0.1, 0.15) is 0 Å². The van der Waals surface area contributed by atoms with Crippen LogP contribution in [-0.2, 0) is 10.8 Å². The van der Waals surface area contributed by atoms with Gasteiger partial charge in [0.25, 0.3) is 0 Å². The van der Waals surface area contributed by atoms with Crippen LogP contribution in [0, 0.1) is 0 Å². The second kappa shape index (κ2) is 13.0. The van der Waals surface area contributed by atoms with Crippen molar-refractivity contribution < 1.29 is 0 Å². The minimum atomic E-state index is -0.555. The zero-order chi connectivity index (χ0) is 40.0.